The van der Waals surface area contributed by atoms with E-state index in [0.717, 1.165) is 24.8 Å². The summed E-state index contributed by atoms with van der Waals surface area (Å²) in [6.45, 7) is 18.9. The van der Waals surface area contributed by atoms with Crippen LogP contribution >= 0.6 is 0 Å². The van der Waals surface area contributed by atoms with Gasteiger partial charge in [0.2, 0.25) is 0 Å². The van der Waals surface area contributed by atoms with Crippen molar-refractivity contribution in [1.82, 2.24) is 0 Å². The quantitative estimate of drug-likeness (QED) is 0.109. The van der Waals surface area contributed by atoms with Crippen LogP contribution in [0.5, 0.6) is 5.75 Å². The van der Waals surface area contributed by atoms with Crippen LogP contribution in [0.2, 0.25) is 0 Å². The molecular weight excluding hydrogens is 569 g/mol. The van der Waals surface area contributed by atoms with E-state index in [4.69, 9.17) is 0 Å². The topological polar surface area (TPSA) is 20.2 Å². The lowest BCUT2D eigenvalue weighted by Gasteiger charge is -2.33. The van der Waals surface area contributed by atoms with Crippen molar-refractivity contribution in [3.05, 3.63) is 99.1 Å². The summed E-state index contributed by atoms with van der Waals surface area (Å²) in [7, 11) is 0. The number of aryl methyl sites for hydroxylation is 2. The highest BCUT2D eigenvalue weighted by molar-refractivity contribution is 5.47. The van der Waals surface area contributed by atoms with Gasteiger partial charge in [0.15, 0.2) is 0 Å². The number of hydrogen-bond acceptors (Lipinski definition) is 1. The Morgan fingerprint density at radius 3 is 1.26 bits per heavy atom. The van der Waals surface area contributed by atoms with Gasteiger partial charge >= 0.3 is 0 Å². The molecule has 0 aliphatic carbocycles. The molecule has 0 spiro atoms. The molecule has 0 amide bonds. The minimum atomic E-state index is -0.0927. The third kappa shape index (κ3) is 11.3. The average Bonchev–Trinajstić information content (AvgIpc) is 3.04. The Balaban J connectivity index is 2.00. The molecule has 0 aliphatic heterocycles. The van der Waals surface area contributed by atoms with E-state index in [9.17, 15) is 5.11 Å². The van der Waals surface area contributed by atoms with E-state index in [1.165, 1.54) is 113 Å². The van der Waals surface area contributed by atoms with Crippen molar-refractivity contribution in [3.8, 4) is 5.75 Å². The summed E-state index contributed by atoms with van der Waals surface area (Å²) in [4.78, 5) is 0. The van der Waals surface area contributed by atoms with E-state index in [1.54, 1.807) is 22.3 Å². The summed E-state index contributed by atoms with van der Waals surface area (Å²) in [6.07, 6.45) is 21.7. The number of phenols is 1. The molecule has 0 bridgehead atoms. The largest absolute Gasteiger partial charge is 0.508 e. The highest BCUT2D eigenvalue weighted by atomic mass is 16.3. The first kappa shape index (κ1) is 38.9. The van der Waals surface area contributed by atoms with E-state index < -0.39 is 0 Å². The zero-order valence-corrected chi connectivity index (χ0v) is 31.9. The predicted molar refractivity (Wildman–Crippen MR) is 207 cm³/mol. The molecule has 0 radical (unpaired) electrons. The van der Waals surface area contributed by atoms with E-state index >= 15 is 0 Å². The number of phenolic OH excluding ortho intramolecular Hbond substituents is 1. The zero-order valence-electron chi connectivity index (χ0n) is 31.9. The number of aromatic hydroxyl groups is 1. The van der Waals surface area contributed by atoms with Crippen molar-refractivity contribution in [1.29, 1.82) is 0 Å². The first-order chi connectivity index (χ1) is 22.6. The fraction of sp³-hybridized carbons (Fsp3) is 0.609. The van der Waals surface area contributed by atoms with Crippen molar-refractivity contribution in [2.45, 2.75) is 182 Å². The Morgan fingerprint density at radius 2 is 0.809 bits per heavy atom. The first-order valence-corrected chi connectivity index (χ1v) is 19.6. The van der Waals surface area contributed by atoms with Crippen molar-refractivity contribution in [3.63, 3.8) is 0 Å². The molecule has 1 nitrogen and oxygen atoms in total. The van der Waals surface area contributed by atoms with E-state index in [0.29, 0.717) is 5.75 Å². The van der Waals surface area contributed by atoms with Gasteiger partial charge in [-0.2, -0.15) is 0 Å². The number of benzene rings is 3. The van der Waals surface area contributed by atoms with Crippen LogP contribution in [0.4, 0.5) is 0 Å². The summed E-state index contributed by atoms with van der Waals surface area (Å²) in [5.41, 5.74) is 11.6. The SMILES string of the molecule is CCCCCc1cccc(C(C)(C)Cc2cccc(O)c2CC(C)(C)c2cccc(CCCCC)c2CCCCC)c1CCCCC. The number of unbranched alkanes of at least 4 members (excludes halogenated alkanes) is 8. The molecule has 0 saturated carbocycles. The minimum absolute atomic E-state index is 0.0422. The van der Waals surface area contributed by atoms with E-state index in [1.807, 2.05) is 6.07 Å². The van der Waals surface area contributed by atoms with Gasteiger partial charge in [0.1, 0.15) is 5.75 Å². The molecule has 0 fully saturated rings. The Bertz CT molecular complexity index is 1340. The smallest absolute Gasteiger partial charge is 0.119 e. The van der Waals surface area contributed by atoms with Gasteiger partial charge in [0.05, 0.1) is 0 Å². The van der Waals surface area contributed by atoms with Crippen molar-refractivity contribution >= 4 is 0 Å². The summed E-state index contributed by atoms with van der Waals surface area (Å²) in [5, 5.41) is 11.5. The molecule has 47 heavy (non-hydrogen) atoms. The molecule has 1 heteroatoms. The monoisotopic (exact) mass is 639 g/mol. The normalized spacial score (nSPS) is 12.2. The first-order valence-electron chi connectivity index (χ1n) is 19.6. The van der Waals surface area contributed by atoms with E-state index in [-0.39, 0.29) is 10.8 Å². The molecule has 3 aromatic carbocycles. The van der Waals surface area contributed by atoms with Crippen LogP contribution in [0.15, 0.2) is 54.6 Å². The van der Waals surface area contributed by atoms with Crippen molar-refractivity contribution in [2.24, 2.45) is 0 Å². The Morgan fingerprint density at radius 1 is 0.426 bits per heavy atom. The van der Waals surface area contributed by atoms with Gasteiger partial charge in [0, 0.05) is 0 Å². The summed E-state index contributed by atoms with van der Waals surface area (Å²) in [6, 6.07) is 20.4. The molecule has 0 heterocycles. The summed E-state index contributed by atoms with van der Waals surface area (Å²) in [5.74, 6) is 0.453. The summed E-state index contributed by atoms with van der Waals surface area (Å²) >= 11 is 0. The number of rotatable bonds is 22. The second-order valence-electron chi connectivity index (χ2n) is 15.8. The molecule has 0 atom stereocenters. The molecule has 0 aliphatic rings. The van der Waals surface area contributed by atoms with Crippen LogP contribution in [-0.4, -0.2) is 5.11 Å². The van der Waals surface area contributed by atoms with Gasteiger partial charge in [-0.15, -0.1) is 0 Å². The number of hydrogen-bond donors (Lipinski definition) is 1. The van der Waals surface area contributed by atoms with Crippen LogP contribution in [0.1, 0.15) is 177 Å². The highest BCUT2D eigenvalue weighted by Gasteiger charge is 2.31. The molecule has 0 unspecified atom stereocenters. The standard InChI is InChI=1S/C46H70O/c1-9-13-17-24-36-26-21-31-42(39(36)29-19-15-11-3)45(5,6)34-38-28-23-33-44(47)41(38)35-46(7,8)43-32-22-27-37(25-18-14-10-2)40(43)30-20-16-12-4/h21-23,26-28,31-33,47H,9-20,24-25,29-30,34-35H2,1-8H3. The lowest BCUT2D eigenvalue weighted by atomic mass is 9.71. The Labute approximate surface area is 291 Å². The maximum Gasteiger partial charge on any atom is 0.119 e. The Hall–Kier alpha value is -2.54. The van der Waals surface area contributed by atoms with Crippen molar-refractivity contribution in [2.75, 3.05) is 0 Å². The molecule has 3 rings (SSSR count). The lowest BCUT2D eigenvalue weighted by Crippen LogP contribution is -2.27. The molecular formula is C46H70O. The van der Waals surface area contributed by atoms with Gasteiger partial charge in [-0.05, 0) is 126 Å². The van der Waals surface area contributed by atoms with Crippen LogP contribution in [0.3, 0.4) is 0 Å². The average molecular weight is 639 g/mol. The fourth-order valence-electron chi connectivity index (χ4n) is 7.93. The fourth-order valence-corrected chi connectivity index (χ4v) is 7.93. The maximum atomic E-state index is 11.5. The molecule has 3 aromatic rings. The zero-order chi connectivity index (χ0) is 34.3. The van der Waals surface area contributed by atoms with Crippen molar-refractivity contribution < 1.29 is 5.11 Å². The van der Waals surface area contributed by atoms with Crippen LogP contribution < -0.4 is 0 Å². The van der Waals surface area contributed by atoms with Gasteiger partial charge in [-0.3, -0.25) is 0 Å². The second kappa shape index (κ2) is 19.5. The molecule has 260 valence electrons. The molecule has 0 saturated heterocycles. The Kier molecular flexibility index (Phi) is 16.1. The van der Waals surface area contributed by atoms with Gasteiger partial charge in [-0.25, -0.2) is 0 Å². The highest BCUT2D eigenvalue weighted by Crippen LogP contribution is 2.40. The van der Waals surface area contributed by atoms with Gasteiger partial charge in [-0.1, -0.05) is 155 Å². The van der Waals surface area contributed by atoms with Crippen LogP contribution in [0, 0.1) is 0 Å². The molecule has 1 N–H and O–H groups in total. The molecule has 0 aromatic heterocycles. The third-order valence-electron chi connectivity index (χ3n) is 10.7. The lowest BCUT2D eigenvalue weighted by molar-refractivity contribution is 0.441. The van der Waals surface area contributed by atoms with Crippen LogP contribution in [-0.2, 0) is 49.4 Å². The maximum absolute atomic E-state index is 11.5. The van der Waals surface area contributed by atoms with Gasteiger partial charge < -0.3 is 5.11 Å². The van der Waals surface area contributed by atoms with E-state index in [2.05, 4.69) is 104 Å². The predicted octanol–water partition coefficient (Wildman–Crippen LogP) is 13.4. The minimum Gasteiger partial charge on any atom is -0.508 e. The summed E-state index contributed by atoms with van der Waals surface area (Å²) < 4.78 is 0. The third-order valence-corrected chi connectivity index (χ3v) is 10.7. The second-order valence-corrected chi connectivity index (χ2v) is 15.8. The van der Waals surface area contributed by atoms with Gasteiger partial charge in [0.25, 0.3) is 0 Å². The van der Waals surface area contributed by atoms with Crippen LogP contribution in [0.25, 0.3) is 0 Å².